The molecule has 0 aliphatic heterocycles. The molecule has 1 aliphatic carbocycles. The molecule has 6 heteroatoms. The molecule has 2 rings (SSSR count). The number of carbonyl (C=O) groups is 1. The zero-order valence-corrected chi connectivity index (χ0v) is 9.93. The van der Waals surface area contributed by atoms with Gasteiger partial charge in [0.15, 0.2) is 0 Å². The number of anilines is 1. The molecule has 17 heavy (non-hydrogen) atoms. The van der Waals surface area contributed by atoms with E-state index in [4.69, 9.17) is 4.74 Å². The Labute approximate surface area is 99.8 Å². The fourth-order valence-corrected chi connectivity index (χ4v) is 1.59. The van der Waals surface area contributed by atoms with Gasteiger partial charge >= 0.3 is 6.03 Å². The largest absolute Gasteiger partial charge is 0.481 e. The van der Waals surface area contributed by atoms with Gasteiger partial charge in [0.05, 0.1) is 7.11 Å². The number of aromatic nitrogens is 2. The number of methoxy groups -OCH3 is 1. The molecule has 0 radical (unpaired) electrons. The Morgan fingerprint density at radius 1 is 1.53 bits per heavy atom. The van der Waals surface area contributed by atoms with Crippen LogP contribution in [0.1, 0.15) is 19.8 Å². The highest BCUT2D eigenvalue weighted by atomic mass is 16.5. The molecule has 0 unspecified atom stereocenters. The maximum Gasteiger partial charge on any atom is 0.320 e. The topological polar surface area (TPSA) is 76.1 Å². The van der Waals surface area contributed by atoms with Crippen molar-refractivity contribution in [3.63, 3.8) is 0 Å². The quantitative estimate of drug-likeness (QED) is 0.828. The van der Waals surface area contributed by atoms with E-state index < -0.39 is 0 Å². The van der Waals surface area contributed by atoms with Gasteiger partial charge in [0.25, 0.3) is 0 Å². The monoisotopic (exact) mass is 236 g/mol. The van der Waals surface area contributed by atoms with Crippen LogP contribution in [0.15, 0.2) is 12.4 Å². The lowest BCUT2D eigenvalue weighted by Crippen LogP contribution is -2.37. The summed E-state index contributed by atoms with van der Waals surface area (Å²) in [7, 11) is 1.52. The number of hydrogen-bond donors (Lipinski definition) is 2. The number of ether oxygens (including phenoxy) is 1. The summed E-state index contributed by atoms with van der Waals surface area (Å²) in [6, 6.07) is 1.53. The van der Waals surface area contributed by atoms with Gasteiger partial charge < -0.3 is 10.1 Å². The molecule has 1 aromatic rings. The number of nitrogens with zero attached hydrogens (tertiary/aromatic N) is 2. The second-order valence-electron chi connectivity index (χ2n) is 4.17. The Morgan fingerprint density at radius 2 is 2.29 bits per heavy atom. The summed E-state index contributed by atoms with van der Waals surface area (Å²) in [5.41, 5.74) is 0. The summed E-state index contributed by atoms with van der Waals surface area (Å²) in [4.78, 5) is 19.4. The third kappa shape index (κ3) is 3.30. The molecule has 0 bridgehead atoms. The van der Waals surface area contributed by atoms with Crippen molar-refractivity contribution < 1.29 is 9.53 Å². The van der Waals surface area contributed by atoms with E-state index in [0.29, 0.717) is 17.6 Å². The van der Waals surface area contributed by atoms with Crippen LogP contribution < -0.4 is 15.4 Å². The lowest BCUT2D eigenvalue weighted by atomic mass is 10.2. The maximum atomic E-state index is 11.6. The summed E-state index contributed by atoms with van der Waals surface area (Å²) < 4.78 is 4.94. The normalized spacial score (nSPS) is 16.1. The first kappa shape index (κ1) is 11.6. The van der Waals surface area contributed by atoms with Crippen molar-refractivity contribution in [2.24, 2.45) is 5.92 Å². The lowest BCUT2D eigenvalue weighted by molar-refractivity contribution is 0.248. The van der Waals surface area contributed by atoms with E-state index in [1.807, 2.05) is 6.92 Å². The minimum absolute atomic E-state index is 0.207. The van der Waals surface area contributed by atoms with E-state index in [2.05, 4.69) is 20.6 Å². The average molecular weight is 236 g/mol. The van der Waals surface area contributed by atoms with Gasteiger partial charge in [-0.05, 0) is 25.7 Å². The van der Waals surface area contributed by atoms with Gasteiger partial charge in [-0.2, -0.15) is 0 Å². The number of carbonyl (C=O) groups excluding carboxylic acids is 1. The molecule has 1 heterocycles. The number of rotatable bonds is 4. The van der Waals surface area contributed by atoms with Gasteiger partial charge in [0, 0.05) is 12.1 Å². The Bertz CT molecular complexity index is 406. The molecular weight excluding hydrogens is 220 g/mol. The van der Waals surface area contributed by atoms with Crippen LogP contribution in [0, 0.1) is 5.92 Å². The molecule has 92 valence electrons. The second-order valence-corrected chi connectivity index (χ2v) is 4.17. The van der Waals surface area contributed by atoms with E-state index in [1.165, 1.54) is 26.3 Å². The number of nitrogens with one attached hydrogen (secondary N) is 2. The highest BCUT2D eigenvalue weighted by Gasteiger charge is 2.28. The van der Waals surface area contributed by atoms with E-state index in [-0.39, 0.29) is 12.1 Å². The summed E-state index contributed by atoms with van der Waals surface area (Å²) in [5, 5.41) is 5.53. The SMILES string of the molecule is COc1cc(NC(=O)N[C@@H](C)C2CC2)ncn1. The van der Waals surface area contributed by atoms with Crippen LogP contribution in [0.2, 0.25) is 0 Å². The summed E-state index contributed by atoms with van der Waals surface area (Å²) in [6.07, 6.45) is 3.74. The predicted molar refractivity (Wildman–Crippen MR) is 62.9 cm³/mol. The molecule has 2 amide bonds. The van der Waals surface area contributed by atoms with Crippen LogP contribution in [-0.4, -0.2) is 29.2 Å². The highest BCUT2D eigenvalue weighted by molar-refractivity contribution is 5.88. The Morgan fingerprint density at radius 3 is 2.94 bits per heavy atom. The maximum absolute atomic E-state index is 11.6. The van der Waals surface area contributed by atoms with Crippen LogP contribution >= 0.6 is 0 Å². The van der Waals surface area contributed by atoms with Crippen LogP contribution in [0.5, 0.6) is 5.88 Å². The van der Waals surface area contributed by atoms with Crippen LogP contribution in [0.25, 0.3) is 0 Å². The summed E-state index contributed by atoms with van der Waals surface area (Å²) in [5.74, 6) is 1.48. The van der Waals surface area contributed by atoms with Gasteiger partial charge in [-0.15, -0.1) is 0 Å². The standard InChI is InChI=1S/C11H16N4O2/c1-7(8-3-4-8)14-11(16)15-9-5-10(17-2)13-6-12-9/h5-8H,3-4H2,1-2H3,(H2,12,13,14,15,16)/t7-/m0/s1. The van der Waals surface area contributed by atoms with Crippen molar-refractivity contribution in [1.82, 2.24) is 15.3 Å². The third-order valence-electron chi connectivity index (χ3n) is 2.78. The average Bonchev–Trinajstić information content (AvgIpc) is 3.12. The number of amides is 2. The second kappa shape index (κ2) is 4.99. The van der Waals surface area contributed by atoms with Crippen molar-refractivity contribution >= 4 is 11.8 Å². The third-order valence-corrected chi connectivity index (χ3v) is 2.78. The van der Waals surface area contributed by atoms with Crippen LogP contribution in [-0.2, 0) is 0 Å². The van der Waals surface area contributed by atoms with E-state index in [1.54, 1.807) is 6.07 Å². The molecule has 0 saturated heterocycles. The zero-order valence-electron chi connectivity index (χ0n) is 9.93. The first-order chi connectivity index (χ1) is 8.19. The smallest absolute Gasteiger partial charge is 0.320 e. The van der Waals surface area contributed by atoms with Gasteiger partial charge in [0.2, 0.25) is 5.88 Å². The van der Waals surface area contributed by atoms with Gasteiger partial charge in [0.1, 0.15) is 12.1 Å². The summed E-state index contributed by atoms with van der Waals surface area (Å²) >= 11 is 0. The summed E-state index contributed by atoms with van der Waals surface area (Å²) in [6.45, 7) is 2.01. The highest BCUT2D eigenvalue weighted by Crippen LogP contribution is 2.32. The molecule has 0 aromatic carbocycles. The zero-order chi connectivity index (χ0) is 12.3. The number of hydrogen-bond acceptors (Lipinski definition) is 4. The molecule has 2 N–H and O–H groups in total. The molecule has 1 saturated carbocycles. The first-order valence-corrected chi connectivity index (χ1v) is 5.62. The Kier molecular flexibility index (Phi) is 3.41. The molecular formula is C11H16N4O2. The van der Waals surface area contributed by atoms with E-state index in [9.17, 15) is 4.79 Å². The molecule has 0 spiro atoms. The van der Waals surface area contributed by atoms with Crippen molar-refractivity contribution in [3.8, 4) is 5.88 Å². The lowest BCUT2D eigenvalue weighted by Gasteiger charge is -2.13. The Hall–Kier alpha value is -1.85. The predicted octanol–water partition coefficient (Wildman–Crippen LogP) is 1.41. The van der Waals surface area contributed by atoms with Crippen molar-refractivity contribution in [2.75, 3.05) is 12.4 Å². The van der Waals surface area contributed by atoms with Crippen molar-refractivity contribution in [3.05, 3.63) is 12.4 Å². The molecule has 6 nitrogen and oxygen atoms in total. The molecule has 1 fully saturated rings. The molecule has 1 aromatic heterocycles. The van der Waals surface area contributed by atoms with E-state index >= 15 is 0 Å². The van der Waals surface area contributed by atoms with Crippen LogP contribution in [0.4, 0.5) is 10.6 Å². The van der Waals surface area contributed by atoms with Crippen molar-refractivity contribution in [2.45, 2.75) is 25.8 Å². The van der Waals surface area contributed by atoms with E-state index in [0.717, 1.165) is 0 Å². The van der Waals surface area contributed by atoms with Gasteiger partial charge in [-0.3, -0.25) is 5.32 Å². The fourth-order valence-electron chi connectivity index (χ4n) is 1.59. The van der Waals surface area contributed by atoms with Crippen molar-refractivity contribution in [1.29, 1.82) is 0 Å². The fraction of sp³-hybridized carbons (Fsp3) is 0.545. The molecule has 1 atom stereocenters. The number of urea groups is 1. The van der Waals surface area contributed by atoms with Crippen LogP contribution in [0.3, 0.4) is 0 Å². The minimum atomic E-state index is -0.245. The first-order valence-electron chi connectivity index (χ1n) is 5.62. The Balaban J connectivity index is 1.88. The van der Waals surface area contributed by atoms with Gasteiger partial charge in [-0.25, -0.2) is 14.8 Å². The minimum Gasteiger partial charge on any atom is -0.481 e. The molecule has 1 aliphatic rings. The van der Waals surface area contributed by atoms with Gasteiger partial charge in [-0.1, -0.05) is 0 Å².